The van der Waals surface area contributed by atoms with E-state index in [0.717, 1.165) is 25.7 Å². The van der Waals surface area contributed by atoms with Crippen LogP contribution in [0.15, 0.2) is 0 Å². The Morgan fingerprint density at radius 1 is 1.50 bits per heavy atom. The molecule has 0 aromatic carbocycles. The monoisotopic (exact) mass is 282 g/mol. The first-order chi connectivity index (χ1) is 9.54. The molecule has 2 atom stereocenters. The van der Waals surface area contributed by atoms with E-state index >= 15 is 0 Å². The normalized spacial score (nSPS) is 22.8. The third-order valence-electron chi connectivity index (χ3n) is 4.01. The van der Waals surface area contributed by atoms with Crippen molar-refractivity contribution >= 4 is 11.5 Å². The Balaban J connectivity index is 2.12. The third kappa shape index (κ3) is 2.92. The first kappa shape index (κ1) is 14.8. The van der Waals surface area contributed by atoms with E-state index in [0.29, 0.717) is 24.5 Å². The smallest absolute Gasteiger partial charge is 0.333 e. The summed E-state index contributed by atoms with van der Waals surface area (Å²) in [5.74, 6) is 0.591. The molecule has 1 aromatic rings. The van der Waals surface area contributed by atoms with Crippen molar-refractivity contribution in [1.82, 2.24) is 9.78 Å². The molecule has 0 radical (unpaired) electrons. The van der Waals surface area contributed by atoms with E-state index in [1.807, 2.05) is 6.92 Å². The molecule has 2 N–H and O–H groups in total. The molecule has 1 heterocycles. The van der Waals surface area contributed by atoms with Gasteiger partial charge < -0.3 is 10.4 Å². The van der Waals surface area contributed by atoms with Crippen LogP contribution in [-0.4, -0.2) is 32.5 Å². The lowest BCUT2D eigenvalue weighted by atomic mass is 9.86. The van der Waals surface area contributed by atoms with Gasteiger partial charge >= 0.3 is 5.69 Å². The predicted octanol–water partition coefficient (Wildman–Crippen LogP) is 1.85. The number of nitro groups is 1. The van der Waals surface area contributed by atoms with Crippen molar-refractivity contribution in [3.8, 4) is 0 Å². The lowest BCUT2D eigenvalue weighted by Gasteiger charge is -2.27. The summed E-state index contributed by atoms with van der Waals surface area (Å²) in [5.41, 5.74) is 0.546. The fraction of sp³-hybridized carbons (Fsp3) is 0.769. The van der Waals surface area contributed by atoms with Gasteiger partial charge in [0.15, 0.2) is 0 Å². The first-order valence-electron chi connectivity index (χ1n) is 7.16. The minimum absolute atomic E-state index is 0.0558. The van der Waals surface area contributed by atoms with E-state index in [2.05, 4.69) is 10.4 Å². The number of hydrogen-bond acceptors (Lipinski definition) is 5. The van der Waals surface area contributed by atoms with E-state index in [4.69, 9.17) is 0 Å². The summed E-state index contributed by atoms with van der Waals surface area (Å²) >= 11 is 0. The number of aliphatic hydroxyl groups is 1. The number of nitrogens with zero attached hydrogens (tertiary/aromatic N) is 3. The quantitative estimate of drug-likeness (QED) is 0.635. The highest BCUT2D eigenvalue weighted by atomic mass is 16.6. The van der Waals surface area contributed by atoms with Gasteiger partial charge in [-0.2, -0.15) is 5.10 Å². The minimum atomic E-state index is -0.383. The van der Waals surface area contributed by atoms with Crippen molar-refractivity contribution in [2.24, 2.45) is 13.0 Å². The summed E-state index contributed by atoms with van der Waals surface area (Å²) in [4.78, 5) is 10.8. The molecule has 1 aliphatic carbocycles. The van der Waals surface area contributed by atoms with Crippen LogP contribution in [-0.2, 0) is 13.5 Å². The van der Waals surface area contributed by atoms with Crippen LogP contribution in [0.3, 0.4) is 0 Å². The first-order valence-corrected chi connectivity index (χ1v) is 7.16. The molecule has 2 unspecified atom stereocenters. The number of nitrogens with one attached hydrogen (secondary N) is 1. The van der Waals surface area contributed by atoms with Gasteiger partial charge in [0.2, 0.25) is 5.82 Å². The summed E-state index contributed by atoms with van der Waals surface area (Å²) < 4.78 is 1.52. The van der Waals surface area contributed by atoms with Gasteiger partial charge in [0.1, 0.15) is 5.69 Å². The van der Waals surface area contributed by atoms with Crippen LogP contribution in [0.4, 0.5) is 11.5 Å². The van der Waals surface area contributed by atoms with Crippen molar-refractivity contribution in [3.05, 3.63) is 15.8 Å². The average molecular weight is 282 g/mol. The van der Waals surface area contributed by atoms with E-state index in [9.17, 15) is 15.2 Å². The average Bonchev–Trinajstić information content (AvgIpc) is 2.74. The number of aryl methyl sites for hydroxylation is 2. The molecule has 0 spiro atoms. The van der Waals surface area contributed by atoms with Crippen molar-refractivity contribution in [2.45, 2.75) is 45.1 Å². The second-order valence-corrected chi connectivity index (χ2v) is 5.37. The zero-order valence-corrected chi connectivity index (χ0v) is 12.0. The number of anilines is 1. The maximum atomic E-state index is 11.2. The molecular weight excluding hydrogens is 260 g/mol. The van der Waals surface area contributed by atoms with Gasteiger partial charge in [-0.1, -0.05) is 19.8 Å². The molecule has 20 heavy (non-hydrogen) atoms. The Hall–Kier alpha value is -1.63. The van der Waals surface area contributed by atoms with Gasteiger partial charge in [0.25, 0.3) is 0 Å². The Bertz CT molecular complexity index is 486. The van der Waals surface area contributed by atoms with E-state index < -0.39 is 0 Å². The lowest BCUT2D eigenvalue weighted by molar-refractivity contribution is -0.384. The van der Waals surface area contributed by atoms with E-state index in [1.54, 1.807) is 7.05 Å². The minimum Gasteiger partial charge on any atom is -0.393 e. The van der Waals surface area contributed by atoms with Crippen LogP contribution < -0.4 is 5.32 Å². The zero-order valence-electron chi connectivity index (χ0n) is 12.0. The van der Waals surface area contributed by atoms with Gasteiger partial charge in [0.05, 0.1) is 11.0 Å². The standard InChI is InChI=1S/C13H22N4O3/c1-3-10-12(17(19)20)13(16(2)15-10)14-8-9-6-4-5-7-11(9)18/h9,11,14,18H,3-8H2,1-2H3. The Morgan fingerprint density at radius 3 is 2.80 bits per heavy atom. The van der Waals surface area contributed by atoms with Gasteiger partial charge in [-0.05, 0) is 19.3 Å². The van der Waals surface area contributed by atoms with Crippen LogP contribution in [0.5, 0.6) is 0 Å². The van der Waals surface area contributed by atoms with Crippen molar-refractivity contribution in [3.63, 3.8) is 0 Å². The predicted molar refractivity (Wildman–Crippen MR) is 75.7 cm³/mol. The van der Waals surface area contributed by atoms with Crippen LogP contribution in [0.25, 0.3) is 0 Å². The van der Waals surface area contributed by atoms with Crippen molar-refractivity contribution in [2.75, 3.05) is 11.9 Å². The maximum absolute atomic E-state index is 11.2. The second-order valence-electron chi connectivity index (χ2n) is 5.37. The van der Waals surface area contributed by atoms with E-state index in [1.165, 1.54) is 4.68 Å². The zero-order chi connectivity index (χ0) is 14.7. The maximum Gasteiger partial charge on any atom is 0.333 e. The van der Waals surface area contributed by atoms with E-state index in [-0.39, 0.29) is 22.6 Å². The molecule has 0 amide bonds. The topological polar surface area (TPSA) is 93.2 Å². The summed E-state index contributed by atoms with van der Waals surface area (Å²) in [6.07, 6.45) is 4.16. The van der Waals surface area contributed by atoms with Crippen LogP contribution in [0, 0.1) is 16.0 Å². The molecule has 2 rings (SSSR count). The molecule has 0 aliphatic heterocycles. The van der Waals surface area contributed by atoms with Crippen molar-refractivity contribution in [1.29, 1.82) is 0 Å². The Kier molecular flexibility index (Phi) is 4.59. The highest BCUT2D eigenvalue weighted by Gasteiger charge is 2.28. The molecule has 1 aliphatic rings. The summed E-state index contributed by atoms with van der Waals surface area (Å²) in [7, 11) is 1.70. The molecule has 112 valence electrons. The highest BCUT2D eigenvalue weighted by molar-refractivity contribution is 5.59. The van der Waals surface area contributed by atoms with Gasteiger partial charge in [-0.3, -0.25) is 10.1 Å². The lowest BCUT2D eigenvalue weighted by Crippen LogP contribution is -2.30. The molecular formula is C13H22N4O3. The molecule has 7 nitrogen and oxygen atoms in total. The molecule has 1 aromatic heterocycles. The summed E-state index contributed by atoms with van der Waals surface area (Å²) in [5, 5.41) is 28.4. The SMILES string of the molecule is CCc1nn(C)c(NCC2CCCCC2O)c1[N+](=O)[O-]. The van der Waals surface area contributed by atoms with Crippen LogP contribution in [0.1, 0.15) is 38.3 Å². The van der Waals surface area contributed by atoms with Gasteiger partial charge in [-0.25, -0.2) is 4.68 Å². The number of aliphatic hydroxyl groups excluding tert-OH is 1. The molecule has 0 saturated heterocycles. The second kappa shape index (κ2) is 6.21. The van der Waals surface area contributed by atoms with Gasteiger partial charge in [0, 0.05) is 19.5 Å². The fourth-order valence-electron chi connectivity index (χ4n) is 2.85. The summed E-state index contributed by atoms with van der Waals surface area (Å²) in [6.45, 7) is 2.40. The van der Waals surface area contributed by atoms with Crippen LogP contribution >= 0.6 is 0 Å². The highest BCUT2D eigenvalue weighted by Crippen LogP contribution is 2.30. The number of aromatic nitrogens is 2. The largest absolute Gasteiger partial charge is 0.393 e. The molecule has 0 bridgehead atoms. The fourth-order valence-corrected chi connectivity index (χ4v) is 2.85. The van der Waals surface area contributed by atoms with Gasteiger partial charge in [-0.15, -0.1) is 0 Å². The molecule has 1 saturated carbocycles. The summed E-state index contributed by atoms with van der Waals surface area (Å²) in [6, 6.07) is 0. The Labute approximate surface area is 118 Å². The Morgan fingerprint density at radius 2 is 2.20 bits per heavy atom. The number of hydrogen-bond donors (Lipinski definition) is 2. The number of rotatable bonds is 5. The van der Waals surface area contributed by atoms with Crippen LogP contribution in [0.2, 0.25) is 0 Å². The van der Waals surface area contributed by atoms with Crippen molar-refractivity contribution < 1.29 is 10.0 Å². The molecule has 1 fully saturated rings. The third-order valence-corrected chi connectivity index (χ3v) is 4.01. The molecule has 7 heteroatoms.